The van der Waals surface area contributed by atoms with E-state index in [-0.39, 0.29) is 6.73 Å². The first-order valence-electron chi connectivity index (χ1n) is 14.4. The van der Waals surface area contributed by atoms with Crippen molar-refractivity contribution in [3.05, 3.63) is 11.6 Å². The van der Waals surface area contributed by atoms with Crippen molar-refractivity contribution >= 4 is 17.8 Å². The Hall–Kier alpha value is -1.89. The smallest absolute Gasteiger partial charge is 0.476 e. The van der Waals surface area contributed by atoms with Crippen LogP contribution in [0.3, 0.4) is 0 Å². The molecule has 1 rings (SSSR count). The highest BCUT2D eigenvalue weighted by atomic mass is 16.7. The van der Waals surface area contributed by atoms with Gasteiger partial charge in [0.25, 0.3) is 0 Å². The van der Waals surface area contributed by atoms with E-state index < -0.39 is 6.16 Å². The molecule has 0 fully saturated rings. The second-order valence-corrected chi connectivity index (χ2v) is 9.52. The summed E-state index contributed by atoms with van der Waals surface area (Å²) in [6.07, 6.45) is 15.4. The Balaban J connectivity index is 0.00000596. The van der Waals surface area contributed by atoms with Gasteiger partial charge in [0.15, 0.2) is 0 Å². The number of unbranched alkanes of at least 4 members (excludes halogenated alkanes) is 9. The lowest BCUT2D eigenvalue weighted by molar-refractivity contribution is -0.922. The van der Waals surface area contributed by atoms with Crippen molar-refractivity contribution in [1.82, 2.24) is 0 Å². The zero-order valence-electron chi connectivity index (χ0n) is 24.6. The fourth-order valence-electron chi connectivity index (χ4n) is 4.17. The van der Waals surface area contributed by atoms with Crippen LogP contribution in [0, 0.1) is 0 Å². The topological polar surface area (TPSA) is 69.5 Å². The normalized spacial score (nSPS) is 18.1. The summed E-state index contributed by atoms with van der Waals surface area (Å²) in [7, 11) is 5.62. The zero-order chi connectivity index (χ0) is 27.1. The van der Waals surface area contributed by atoms with Gasteiger partial charge in [0.1, 0.15) is 12.3 Å². The Morgan fingerprint density at radius 2 is 1.39 bits per heavy atom. The maximum absolute atomic E-state index is 12.1. The molecule has 0 aliphatic carbocycles. The number of nitrogens with zero attached hydrogens (tertiary/aromatic N) is 3. The number of hydrogen-bond donors (Lipinski definition) is 0. The van der Waals surface area contributed by atoms with Crippen molar-refractivity contribution < 1.29 is 23.5 Å². The van der Waals surface area contributed by atoms with E-state index in [1.165, 1.54) is 44.9 Å². The van der Waals surface area contributed by atoms with Crippen LogP contribution in [-0.2, 0) is 14.2 Å². The summed E-state index contributed by atoms with van der Waals surface area (Å²) in [6.45, 7) is 11.4. The molecule has 0 saturated carbocycles. The third-order valence-electron chi connectivity index (χ3n) is 6.24. The maximum Gasteiger partial charge on any atom is 0.512 e. The molecule has 7 heteroatoms. The first kappa shape index (κ1) is 34.1. The lowest BCUT2D eigenvalue weighted by Crippen LogP contribution is -2.51. The minimum atomic E-state index is -0.572. The molecule has 1 aliphatic heterocycles. The number of quaternary nitrogens is 1. The Bertz CT molecular complexity index is 661. The number of ether oxygens (including phenoxy) is 3. The van der Waals surface area contributed by atoms with Crippen LogP contribution in [0.4, 0.5) is 4.79 Å². The van der Waals surface area contributed by atoms with Crippen molar-refractivity contribution in [2.45, 2.75) is 105 Å². The van der Waals surface area contributed by atoms with Crippen LogP contribution in [-0.4, -0.2) is 76.4 Å². The van der Waals surface area contributed by atoms with E-state index in [0.717, 1.165) is 49.9 Å². The van der Waals surface area contributed by atoms with Crippen LogP contribution >= 0.6 is 0 Å². The summed E-state index contributed by atoms with van der Waals surface area (Å²) in [4.78, 5) is 20.9. The van der Waals surface area contributed by atoms with Crippen molar-refractivity contribution in [3.63, 3.8) is 0 Å². The highest BCUT2D eigenvalue weighted by molar-refractivity contribution is 6.45. The number of carbonyl (C=O) groups excluding carboxylic acids is 1. The standard InChI is InChI=1S/C27H50N3O4.C2H6/c1-6-8-10-12-13-14-16-21-33-27(31)34-23-30(5)19-17-18-24(22-30)25(28-3)26(29-4)32-20-15-11-9-7-2;1-2/h18H,6-17,19-23H2,1-5H3;1-2H3/q+1;. The molecular formula is C29H56N3O4+. The SMILES string of the molecule is CC.CCCCCCCCCOC(=O)OC[N+]1(C)CCC=C(C(=NC)C(=NC)OCCCCCC)C1. The maximum atomic E-state index is 12.1. The van der Waals surface area contributed by atoms with E-state index in [1.54, 1.807) is 14.1 Å². The van der Waals surface area contributed by atoms with Gasteiger partial charge >= 0.3 is 6.16 Å². The second kappa shape index (κ2) is 22.3. The molecular weight excluding hydrogens is 454 g/mol. The van der Waals surface area contributed by atoms with Gasteiger partial charge in [-0.25, -0.2) is 4.79 Å². The van der Waals surface area contributed by atoms with Gasteiger partial charge < -0.3 is 14.2 Å². The average molecular weight is 511 g/mol. The third-order valence-corrected chi connectivity index (χ3v) is 6.24. The van der Waals surface area contributed by atoms with E-state index in [1.807, 2.05) is 13.8 Å². The van der Waals surface area contributed by atoms with Crippen LogP contribution in [0.1, 0.15) is 105 Å². The fourth-order valence-corrected chi connectivity index (χ4v) is 4.17. The highest BCUT2D eigenvalue weighted by Gasteiger charge is 2.31. The predicted octanol–water partition coefficient (Wildman–Crippen LogP) is 7.35. The van der Waals surface area contributed by atoms with Gasteiger partial charge in [0.2, 0.25) is 12.6 Å². The number of carbonyl (C=O) groups is 1. The van der Waals surface area contributed by atoms with Gasteiger partial charge in [0, 0.05) is 26.1 Å². The largest absolute Gasteiger partial charge is 0.512 e. The highest BCUT2D eigenvalue weighted by Crippen LogP contribution is 2.19. The minimum Gasteiger partial charge on any atom is -0.476 e. The molecule has 0 amide bonds. The number of rotatable bonds is 17. The molecule has 0 spiro atoms. The molecule has 0 bridgehead atoms. The van der Waals surface area contributed by atoms with E-state index in [4.69, 9.17) is 14.2 Å². The lowest BCUT2D eigenvalue weighted by atomic mass is 10.0. The van der Waals surface area contributed by atoms with Gasteiger partial charge in [-0.05, 0) is 12.8 Å². The summed E-state index contributed by atoms with van der Waals surface area (Å²) < 4.78 is 17.3. The Labute approximate surface area is 222 Å². The van der Waals surface area contributed by atoms with Gasteiger partial charge in [-0.2, -0.15) is 0 Å². The predicted molar refractivity (Wildman–Crippen MR) is 152 cm³/mol. The van der Waals surface area contributed by atoms with Crippen LogP contribution < -0.4 is 0 Å². The molecule has 1 atom stereocenters. The van der Waals surface area contributed by atoms with E-state index in [2.05, 4.69) is 37.0 Å². The monoisotopic (exact) mass is 510 g/mol. The molecule has 1 heterocycles. The lowest BCUT2D eigenvalue weighted by Gasteiger charge is -2.36. The van der Waals surface area contributed by atoms with E-state index in [0.29, 0.717) is 30.1 Å². The first-order valence-corrected chi connectivity index (χ1v) is 14.4. The minimum absolute atomic E-state index is 0.278. The Kier molecular flexibility index (Phi) is 21.1. The second-order valence-electron chi connectivity index (χ2n) is 9.52. The van der Waals surface area contributed by atoms with Crippen molar-refractivity contribution in [2.24, 2.45) is 9.98 Å². The molecule has 0 aromatic carbocycles. The van der Waals surface area contributed by atoms with Gasteiger partial charge in [-0.15, -0.1) is 0 Å². The molecule has 1 unspecified atom stereocenters. The van der Waals surface area contributed by atoms with Gasteiger partial charge in [0.05, 0.1) is 26.8 Å². The number of hydrogen-bond acceptors (Lipinski definition) is 6. The average Bonchev–Trinajstić information content (AvgIpc) is 2.89. The summed E-state index contributed by atoms with van der Waals surface area (Å²) in [5, 5.41) is 0. The summed E-state index contributed by atoms with van der Waals surface area (Å²) in [6, 6.07) is 0. The zero-order valence-corrected chi connectivity index (χ0v) is 24.6. The Morgan fingerprint density at radius 3 is 1.97 bits per heavy atom. The third kappa shape index (κ3) is 15.3. The number of likely N-dealkylation sites (N-methyl/N-ethyl adjacent to an activating group) is 1. The molecule has 0 aromatic heterocycles. The molecule has 0 radical (unpaired) electrons. The van der Waals surface area contributed by atoms with Crippen molar-refractivity contribution in [2.75, 3.05) is 54.2 Å². The summed E-state index contributed by atoms with van der Waals surface area (Å²) >= 11 is 0. The van der Waals surface area contributed by atoms with Crippen LogP contribution in [0.15, 0.2) is 21.6 Å². The molecule has 0 N–H and O–H groups in total. The van der Waals surface area contributed by atoms with Crippen LogP contribution in [0.25, 0.3) is 0 Å². The van der Waals surface area contributed by atoms with E-state index >= 15 is 0 Å². The first-order chi connectivity index (χ1) is 17.5. The molecule has 0 aromatic rings. The quantitative estimate of drug-likeness (QED) is 0.0674. The van der Waals surface area contributed by atoms with Crippen molar-refractivity contribution in [3.8, 4) is 0 Å². The molecule has 0 saturated heterocycles. The molecule has 36 heavy (non-hydrogen) atoms. The fraction of sp³-hybridized carbons (Fsp3) is 0.828. The van der Waals surface area contributed by atoms with Gasteiger partial charge in [-0.3, -0.25) is 14.5 Å². The van der Waals surface area contributed by atoms with Crippen LogP contribution in [0.2, 0.25) is 0 Å². The molecule has 7 nitrogen and oxygen atoms in total. The van der Waals surface area contributed by atoms with E-state index in [9.17, 15) is 4.79 Å². The number of aliphatic imine (C=N–C) groups is 2. The Morgan fingerprint density at radius 1 is 0.833 bits per heavy atom. The van der Waals surface area contributed by atoms with Crippen LogP contribution in [0.5, 0.6) is 0 Å². The van der Waals surface area contributed by atoms with Crippen molar-refractivity contribution in [1.29, 1.82) is 0 Å². The molecule has 1 aliphatic rings. The summed E-state index contributed by atoms with van der Waals surface area (Å²) in [5.74, 6) is 0.591. The molecule has 210 valence electrons. The van der Waals surface area contributed by atoms with Gasteiger partial charge in [-0.1, -0.05) is 91.6 Å². The summed E-state index contributed by atoms with van der Waals surface area (Å²) in [5.41, 5.74) is 1.88.